The van der Waals surface area contributed by atoms with Gasteiger partial charge in [-0.3, -0.25) is 4.79 Å². The lowest BCUT2D eigenvalue weighted by atomic mass is 10.2. The first kappa shape index (κ1) is 13.2. The number of aromatic nitrogens is 2. The van der Waals surface area contributed by atoms with E-state index in [0.717, 1.165) is 30.1 Å². The van der Waals surface area contributed by atoms with Crippen LogP contribution in [0.1, 0.15) is 34.1 Å². The third kappa shape index (κ3) is 3.14. The Morgan fingerprint density at radius 2 is 2.39 bits per heavy atom. The minimum absolute atomic E-state index is 0.0640. The first-order chi connectivity index (χ1) is 8.70. The highest BCUT2D eigenvalue weighted by Gasteiger charge is 2.17. The summed E-state index contributed by atoms with van der Waals surface area (Å²) in [7, 11) is 0. The Morgan fingerprint density at radius 3 is 3.06 bits per heavy atom. The van der Waals surface area contributed by atoms with Gasteiger partial charge in [-0.2, -0.15) is 0 Å². The second kappa shape index (κ2) is 6.06. The summed E-state index contributed by atoms with van der Waals surface area (Å²) in [5.41, 5.74) is 0.779. The zero-order valence-electron chi connectivity index (χ0n) is 10.3. The Balaban J connectivity index is 1.95. The van der Waals surface area contributed by atoms with Crippen molar-refractivity contribution < 1.29 is 4.79 Å². The predicted molar refractivity (Wildman–Crippen MR) is 74.2 cm³/mol. The van der Waals surface area contributed by atoms with Crippen molar-refractivity contribution >= 4 is 28.8 Å². The molecule has 2 rings (SSSR count). The summed E-state index contributed by atoms with van der Waals surface area (Å²) in [6, 6.07) is 4.22. The third-order valence-corrected chi connectivity index (χ3v) is 4.23. The molecule has 18 heavy (non-hydrogen) atoms. The van der Waals surface area contributed by atoms with Crippen LogP contribution in [0.25, 0.3) is 0 Å². The molecule has 1 amide bonds. The number of amides is 1. The fourth-order valence-electron chi connectivity index (χ4n) is 1.68. The fraction of sp³-hybridized carbons (Fsp3) is 0.417. The molecule has 0 bridgehead atoms. The smallest absolute Gasteiger partial charge is 0.265 e. The lowest BCUT2D eigenvalue weighted by Crippen LogP contribution is -2.33. The number of nitrogens with zero attached hydrogens (tertiary/aromatic N) is 2. The van der Waals surface area contributed by atoms with E-state index >= 15 is 0 Å². The van der Waals surface area contributed by atoms with Crippen molar-refractivity contribution in [2.75, 3.05) is 0 Å². The molecule has 0 saturated heterocycles. The normalized spacial score (nSPS) is 12.3. The molecule has 0 aliphatic rings. The molecule has 2 aromatic rings. The van der Waals surface area contributed by atoms with Gasteiger partial charge in [-0.1, -0.05) is 17.5 Å². The molecule has 0 fully saturated rings. The minimum atomic E-state index is -0.0640. The average molecular weight is 281 g/mol. The fourth-order valence-corrected chi connectivity index (χ4v) is 3.17. The van der Waals surface area contributed by atoms with Crippen molar-refractivity contribution in [3.05, 3.63) is 33.0 Å². The molecule has 0 saturated carbocycles. The Kier molecular flexibility index (Phi) is 4.43. The van der Waals surface area contributed by atoms with Crippen molar-refractivity contribution in [1.29, 1.82) is 0 Å². The molecule has 4 nitrogen and oxygen atoms in total. The number of thiophene rings is 1. The van der Waals surface area contributed by atoms with Crippen LogP contribution in [-0.4, -0.2) is 21.5 Å². The van der Waals surface area contributed by atoms with Gasteiger partial charge in [0.15, 0.2) is 0 Å². The largest absolute Gasteiger partial charge is 0.348 e. The predicted octanol–water partition coefficient (Wildman–Crippen LogP) is 2.52. The van der Waals surface area contributed by atoms with E-state index in [1.807, 2.05) is 25.3 Å². The number of carbonyl (C=O) groups is 1. The monoisotopic (exact) mass is 281 g/mol. The van der Waals surface area contributed by atoms with Gasteiger partial charge >= 0.3 is 0 Å². The SMILES string of the molecule is CCc1nnsc1C(=O)N[C@@H](C)Cc1cccs1. The van der Waals surface area contributed by atoms with Gasteiger partial charge in [0.25, 0.3) is 5.91 Å². The van der Waals surface area contributed by atoms with Crippen LogP contribution in [0.15, 0.2) is 17.5 Å². The molecule has 0 aliphatic carbocycles. The highest BCUT2D eigenvalue weighted by molar-refractivity contribution is 7.09. The van der Waals surface area contributed by atoms with Crippen LogP contribution >= 0.6 is 22.9 Å². The molecule has 0 unspecified atom stereocenters. The highest BCUT2D eigenvalue weighted by Crippen LogP contribution is 2.13. The average Bonchev–Trinajstić information content (AvgIpc) is 2.97. The number of hydrogen-bond acceptors (Lipinski definition) is 5. The molecule has 2 aromatic heterocycles. The Bertz CT molecular complexity index is 507. The Hall–Kier alpha value is -1.27. The van der Waals surface area contributed by atoms with Gasteiger partial charge in [0.1, 0.15) is 4.88 Å². The first-order valence-corrected chi connectivity index (χ1v) is 7.50. The van der Waals surface area contributed by atoms with Crippen molar-refractivity contribution in [3.63, 3.8) is 0 Å². The maximum atomic E-state index is 12.0. The maximum Gasteiger partial charge on any atom is 0.265 e. The molecule has 0 spiro atoms. The first-order valence-electron chi connectivity index (χ1n) is 5.85. The zero-order chi connectivity index (χ0) is 13.0. The standard InChI is InChI=1S/C12H15N3OS2/c1-3-10-11(18-15-14-10)12(16)13-8(2)7-9-5-4-6-17-9/h4-6,8H,3,7H2,1-2H3,(H,13,16)/t8-/m0/s1. The Morgan fingerprint density at radius 1 is 1.56 bits per heavy atom. The van der Waals surface area contributed by atoms with Crippen LogP contribution in [0.4, 0.5) is 0 Å². The van der Waals surface area contributed by atoms with E-state index in [0.29, 0.717) is 4.88 Å². The quantitative estimate of drug-likeness (QED) is 0.916. The van der Waals surface area contributed by atoms with E-state index in [1.54, 1.807) is 11.3 Å². The van der Waals surface area contributed by atoms with E-state index in [4.69, 9.17) is 0 Å². The van der Waals surface area contributed by atoms with Crippen LogP contribution < -0.4 is 5.32 Å². The molecule has 0 radical (unpaired) electrons. The molecular formula is C12H15N3OS2. The topological polar surface area (TPSA) is 54.9 Å². The lowest BCUT2D eigenvalue weighted by molar-refractivity contribution is 0.0943. The van der Waals surface area contributed by atoms with Crippen molar-refractivity contribution in [1.82, 2.24) is 14.9 Å². The molecule has 2 heterocycles. The van der Waals surface area contributed by atoms with Gasteiger partial charge < -0.3 is 5.32 Å². The van der Waals surface area contributed by atoms with E-state index in [2.05, 4.69) is 21.0 Å². The zero-order valence-corrected chi connectivity index (χ0v) is 12.0. The van der Waals surface area contributed by atoms with Gasteiger partial charge in [0.05, 0.1) is 5.69 Å². The molecule has 0 aromatic carbocycles. The van der Waals surface area contributed by atoms with Crippen molar-refractivity contribution in [2.24, 2.45) is 0 Å². The summed E-state index contributed by atoms with van der Waals surface area (Å²) >= 11 is 2.87. The molecule has 0 aliphatic heterocycles. The van der Waals surface area contributed by atoms with Gasteiger partial charge in [0.2, 0.25) is 0 Å². The van der Waals surface area contributed by atoms with Gasteiger partial charge in [-0.25, -0.2) is 0 Å². The van der Waals surface area contributed by atoms with Crippen LogP contribution in [-0.2, 0) is 12.8 Å². The minimum Gasteiger partial charge on any atom is -0.348 e. The highest BCUT2D eigenvalue weighted by atomic mass is 32.1. The number of rotatable bonds is 5. The molecule has 1 N–H and O–H groups in total. The molecular weight excluding hydrogens is 266 g/mol. The molecule has 6 heteroatoms. The second-order valence-electron chi connectivity index (χ2n) is 4.06. The summed E-state index contributed by atoms with van der Waals surface area (Å²) in [5, 5.41) is 8.99. The molecule has 96 valence electrons. The maximum absolute atomic E-state index is 12.0. The third-order valence-electron chi connectivity index (χ3n) is 2.56. The summed E-state index contributed by atoms with van der Waals surface area (Å²) < 4.78 is 3.83. The van der Waals surface area contributed by atoms with Crippen molar-refractivity contribution in [2.45, 2.75) is 32.7 Å². The van der Waals surface area contributed by atoms with Gasteiger partial charge in [0, 0.05) is 17.3 Å². The van der Waals surface area contributed by atoms with Crippen molar-refractivity contribution in [3.8, 4) is 0 Å². The Labute approximate surface area is 114 Å². The van der Waals surface area contributed by atoms with Gasteiger partial charge in [-0.05, 0) is 36.3 Å². The number of nitrogens with one attached hydrogen (secondary N) is 1. The van der Waals surface area contributed by atoms with Gasteiger partial charge in [-0.15, -0.1) is 16.4 Å². The van der Waals surface area contributed by atoms with E-state index in [-0.39, 0.29) is 11.9 Å². The molecule has 1 atom stereocenters. The van der Waals surface area contributed by atoms with E-state index in [9.17, 15) is 4.79 Å². The van der Waals surface area contributed by atoms with Crippen LogP contribution in [0, 0.1) is 0 Å². The second-order valence-corrected chi connectivity index (χ2v) is 5.85. The summed E-state index contributed by atoms with van der Waals surface area (Å²) in [6.07, 6.45) is 1.59. The summed E-state index contributed by atoms with van der Waals surface area (Å²) in [5.74, 6) is -0.0640. The lowest BCUT2D eigenvalue weighted by Gasteiger charge is -2.12. The van der Waals surface area contributed by atoms with E-state index in [1.165, 1.54) is 4.88 Å². The van der Waals surface area contributed by atoms with Crippen LogP contribution in [0.2, 0.25) is 0 Å². The van der Waals surface area contributed by atoms with Crippen LogP contribution in [0.3, 0.4) is 0 Å². The van der Waals surface area contributed by atoms with E-state index < -0.39 is 0 Å². The summed E-state index contributed by atoms with van der Waals surface area (Å²) in [6.45, 7) is 3.99. The van der Waals surface area contributed by atoms with Crippen LogP contribution in [0.5, 0.6) is 0 Å². The summed E-state index contributed by atoms with van der Waals surface area (Å²) in [4.78, 5) is 14.0. The number of carbonyl (C=O) groups excluding carboxylic acids is 1. The number of hydrogen-bond donors (Lipinski definition) is 1. The number of aryl methyl sites for hydroxylation is 1.